The second-order valence-electron chi connectivity index (χ2n) is 4.58. The van der Waals surface area contributed by atoms with Gasteiger partial charge in [0.1, 0.15) is 23.7 Å². The number of aliphatic hydroxyl groups is 6. The average Bonchev–Trinajstić information content (AvgIpc) is 2.98. The summed E-state index contributed by atoms with van der Waals surface area (Å²) in [6, 6.07) is 0. The molecular weight excluding hydrogens is 382 g/mol. The van der Waals surface area contributed by atoms with E-state index in [9.17, 15) is 19.8 Å². The number of carbonyl (C=O) groups is 2. The van der Waals surface area contributed by atoms with E-state index in [2.05, 4.69) is 9.47 Å². The van der Waals surface area contributed by atoms with Gasteiger partial charge in [-0.05, 0) is 0 Å². The first-order valence-electron chi connectivity index (χ1n) is 6.35. The van der Waals surface area contributed by atoms with Crippen LogP contribution in [0.25, 0.3) is 0 Å². The molecule has 12 nitrogen and oxygen atoms in total. The van der Waals surface area contributed by atoms with Crippen molar-refractivity contribution in [2.45, 2.75) is 24.4 Å². The molecule has 0 unspecified atom stereocenters. The standard InChI is InChI=1S/2C6H8O6.2Na/c2*7-1-2(8)5-3(9)4(10)6(11)12-5;;/h2*2,5,7-10H,1H2;;/q;;2*+1/p-2/t2*2-,5+;;/m00../s1. The van der Waals surface area contributed by atoms with Crippen molar-refractivity contribution in [2.24, 2.45) is 0 Å². The summed E-state index contributed by atoms with van der Waals surface area (Å²) in [7, 11) is 0. The van der Waals surface area contributed by atoms with Crippen molar-refractivity contribution in [3.8, 4) is 0 Å². The van der Waals surface area contributed by atoms with Crippen LogP contribution in [0.4, 0.5) is 0 Å². The molecule has 6 N–H and O–H groups in total. The molecule has 0 radical (unpaired) electrons. The van der Waals surface area contributed by atoms with Gasteiger partial charge in [-0.1, -0.05) is 0 Å². The summed E-state index contributed by atoms with van der Waals surface area (Å²) in [6.45, 7) is -1.40. The number of hydrogen-bond acceptors (Lipinski definition) is 12. The second-order valence-corrected chi connectivity index (χ2v) is 4.58. The smallest absolute Gasteiger partial charge is 0.865 e. The summed E-state index contributed by atoms with van der Waals surface area (Å²) in [5, 5.41) is 73.5. The van der Waals surface area contributed by atoms with Crippen molar-refractivity contribution in [3.63, 3.8) is 0 Å². The molecule has 0 saturated heterocycles. The topological polar surface area (TPSA) is 220 Å². The van der Waals surface area contributed by atoms with Gasteiger partial charge in [0.05, 0.1) is 13.2 Å². The number of aliphatic hydroxyl groups excluding tert-OH is 6. The Morgan fingerprint density at radius 1 is 0.808 bits per heavy atom. The monoisotopic (exact) mass is 396 g/mol. The van der Waals surface area contributed by atoms with Gasteiger partial charge in [-0.15, -0.1) is 0 Å². The van der Waals surface area contributed by atoms with E-state index in [0.717, 1.165) is 0 Å². The predicted molar refractivity (Wildman–Crippen MR) is 65.3 cm³/mol. The maximum absolute atomic E-state index is 10.6. The molecule has 4 atom stereocenters. The zero-order valence-electron chi connectivity index (χ0n) is 13.9. The van der Waals surface area contributed by atoms with Crippen LogP contribution in [0.15, 0.2) is 23.0 Å². The molecule has 2 aliphatic rings. The Balaban J connectivity index is 0. The van der Waals surface area contributed by atoms with Gasteiger partial charge in [0.15, 0.2) is 12.2 Å². The number of ether oxygens (including phenoxy) is 2. The fourth-order valence-electron chi connectivity index (χ4n) is 1.63. The van der Waals surface area contributed by atoms with Gasteiger partial charge < -0.3 is 50.3 Å². The largest absolute Gasteiger partial charge is 1.00 e. The van der Waals surface area contributed by atoms with Gasteiger partial charge >= 0.3 is 71.1 Å². The Bertz CT molecular complexity index is 525. The van der Waals surface area contributed by atoms with Crippen molar-refractivity contribution in [3.05, 3.63) is 23.0 Å². The first kappa shape index (κ1) is 27.7. The van der Waals surface area contributed by atoms with Crippen molar-refractivity contribution in [1.29, 1.82) is 0 Å². The van der Waals surface area contributed by atoms with Crippen LogP contribution in [-0.2, 0) is 19.1 Å². The van der Waals surface area contributed by atoms with Crippen molar-refractivity contribution in [1.82, 2.24) is 0 Å². The van der Waals surface area contributed by atoms with Crippen LogP contribution >= 0.6 is 0 Å². The fourth-order valence-corrected chi connectivity index (χ4v) is 1.63. The second kappa shape index (κ2) is 12.0. The minimum absolute atomic E-state index is 0. The van der Waals surface area contributed by atoms with E-state index < -0.39 is 72.6 Å². The van der Waals surface area contributed by atoms with Gasteiger partial charge in [0.2, 0.25) is 0 Å². The molecule has 0 fully saturated rings. The van der Waals surface area contributed by atoms with Gasteiger partial charge in [-0.25, -0.2) is 9.59 Å². The van der Waals surface area contributed by atoms with E-state index in [4.69, 9.17) is 30.6 Å². The third-order valence-corrected chi connectivity index (χ3v) is 2.92. The van der Waals surface area contributed by atoms with E-state index in [1.807, 2.05) is 0 Å². The van der Waals surface area contributed by atoms with E-state index in [-0.39, 0.29) is 59.1 Å². The Kier molecular flexibility index (Phi) is 12.8. The number of carbonyl (C=O) groups excluding carboxylic acids is 2. The number of rotatable bonds is 4. The van der Waals surface area contributed by atoms with Gasteiger partial charge in [-0.2, -0.15) is 0 Å². The zero-order chi connectivity index (χ0) is 18.6. The molecule has 0 aromatic rings. The number of hydrogen-bond donors (Lipinski definition) is 6. The Morgan fingerprint density at radius 3 is 1.23 bits per heavy atom. The molecule has 2 rings (SSSR count). The molecular formula is C12H14Na2O12. The van der Waals surface area contributed by atoms with Crippen LogP contribution in [0.2, 0.25) is 0 Å². The van der Waals surface area contributed by atoms with Crippen LogP contribution < -0.4 is 69.3 Å². The quantitative estimate of drug-likeness (QED) is 0.193. The zero-order valence-corrected chi connectivity index (χ0v) is 17.9. The molecule has 136 valence electrons. The Labute approximate surface area is 190 Å². The molecule has 0 aromatic heterocycles. The summed E-state index contributed by atoms with van der Waals surface area (Å²) in [6.07, 6.45) is -5.76. The van der Waals surface area contributed by atoms with E-state index >= 15 is 0 Å². The van der Waals surface area contributed by atoms with Crippen molar-refractivity contribution >= 4 is 11.9 Å². The van der Waals surface area contributed by atoms with Crippen LogP contribution in [-0.4, -0.2) is 80.2 Å². The van der Waals surface area contributed by atoms with Crippen LogP contribution in [0.1, 0.15) is 0 Å². The summed E-state index contributed by atoms with van der Waals surface area (Å²) < 4.78 is 8.51. The van der Waals surface area contributed by atoms with Crippen LogP contribution in [0, 0.1) is 0 Å². The first-order valence-corrected chi connectivity index (χ1v) is 6.35. The summed E-state index contributed by atoms with van der Waals surface area (Å²) in [5.74, 6) is -6.50. The minimum atomic E-state index is -1.46. The molecule has 0 aliphatic carbocycles. The van der Waals surface area contributed by atoms with Crippen molar-refractivity contribution < 1.29 is 119 Å². The van der Waals surface area contributed by atoms with Crippen molar-refractivity contribution in [2.75, 3.05) is 13.2 Å². The molecule has 0 spiro atoms. The summed E-state index contributed by atoms with van der Waals surface area (Å²) >= 11 is 0. The Morgan fingerprint density at radius 2 is 1.08 bits per heavy atom. The maximum Gasteiger partial charge on any atom is 1.00 e. The van der Waals surface area contributed by atoms with Crippen LogP contribution in [0.3, 0.4) is 0 Å². The van der Waals surface area contributed by atoms with E-state index in [1.165, 1.54) is 0 Å². The molecule has 2 heterocycles. The molecule has 2 aliphatic heterocycles. The molecule has 0 amide bonds. The Hall–Kier alpha value is -0.540. The summed E-state index contributed by atoms with van der Waals surface area (Å²) in [5.41, 5.74) is 0. The molecule has 26 heavy (non-hydrogen) atoms. The first-order chi connectivity index (χ1) is 11.1. The fraction of sp³-hybridized carbons (Fsp3) is 0.500. The van der Waals surface area contributed by atoms with Gasteiger partial charge in [-0.3, -0.25) is 0 Å². The molecule has 14 heteroatoms. The normalized spacial score (nSPS) is 23.8. The van der Waals surface area contributed by atoms with Gasteiger partial charge in [0, 0.05) is 11.5 Å². The third-order valence-electron chi connectivity index (χ3n) is 2.92. The van der Waals surface area contributed by atoms with E-state index in [1.54, 1.807) is 0 Å². The molecule has 0 saturated carbocycles. The maximum atomic E-state index is 10.6. The average molecular weight is 396 g/mol. The van der Waals surface area contributed by atoms with Gasteiger partial charge in [0.25, 0.3) is 0 Å². The predicted octanol–water partition coefficient (Wildman–Crippen LogP) is -11.2. The minimum Gasteiger partial charge on any atom is -0.865 e. The SMILES string of the molecule is O=C1O[C@H]([C@@H](O)CO)C(O)=C1[O-].O=C1O[C@H]([C@@H](O)CO)C(O)=C1[O-].[Na+].[Na+]. The summed E-state index contributed by atoms with van der Waals surface area (Å²) in [4.78, 5) is 20.9. The van der Waals surface area contributed by atoms with Crippen LogP contribution in [0.5, 0.6) is 0 Å². The number of esters is 2. The van der Waals surface area contributed by atoms with E-state index in [0.29, 0.717) is 0 Å². The number of cyclic esters (lactones) is 2. The molecule has 0 bridgehead atoms. The molecule has 0 aromatic carbocycles. The third kappa shape index (κ3) is 6.27.